The highest BCUT2D eigenvalue weighted by atomic mass is 16.5. The maximum atomic E-state index is 12.9. The fourth-order valence-corrected chi connectivity index (χ4v) is 2.48. The molecule has 0 fully saturated rings. The topological polar surface area (TPSA) is 85.3 Å². The summed E-state index contributed by atoms with van der Waals surface area (Å²) >= 11 is 0. The number of aliphatic hydroxyl groups is 1. The highest BCUT2D eigenvalue weighted by Gasteiger charge is 2.25. The van der Waals surface area contributed by atoms with Crippen molar-refractivity contribution in [2.75, 3.05) is 34.0 Å². The van der Waals surface area contributed by atoms with E-state index in [0.717, 1.165) is 0 Å². The van der Waals surface area contributed by atoms with Gasteiger partial charge in [0.15, 0.2) is 11.5 Å². The van der Waals surface area contributed by atoms with E-state index < -0.39 is 0 Å². The van der Waals surface area contributed by atoms with Gasteiger partial charge in [-0.05, 0) is 31.5 Å². The average Bonchev–Trinajstić information content (AvgIpc) is 2.64. The molecule has 1 atom stereocenters. The Morgan fingerprint density at radius 3 is 2.36 bits per heavy atom. The summed E-state index contributed by atoms with van der Waals surface area (Å²) in [5.74, 6) is 0.300. The lowest BCUT2D eigenvalue weighted by molar-refractivity contribution is -0.143. The minimum absolute atomic E-state index is 0.0728. The molecule has 7 heteroatoms. The Bertz CT molecular complexity index is 571. The van der Waals surface area contributed by atoms with E-state index in [1.165, 1.54) is 19.1 Å². The van der Waals surface area contributed by atoms with Crippen LogP contribution in [0, 0.1) is 0 Å². The summed E-state index contributed by atoms with van der Waals surface area (Å²) in [4.78, 5) is 26.0. The Morgan fingerprint density at radius 1 is 1.16 bits per heavy atom. The number of amides is 1. The lowest BCUT2D eigenvalue weighted by atomic mass is 10.1. The first kappa shape index (κ1) is 20.8. The van der Waals surface area contributed by atoms with E-state index in [-0.39, 0.29) is 37.5 Å². The first-order valence-electron chi connectivity index (χ1n) is 8.31. The van der Waals surface area contributed by atoms with Crippen LogP contribution in [0.3, 0.4) is 0 Å². The van der Waals surface area contributed by atoms with Gasteiger partial charge in [-0.25, -0.2) is 0 Å². The Labute approximate surface area is 148 Å². The number of aliphatic hydroxyl groups excluding tert-OH is 1. The molecule has 0 heterocycles. The van der Waals surface area contributed by atoms with Crippen molar-refractivity contribution in [3.8, 4) is 11.5 Å². The van der Waals surface area contributed by atoms with Crippen molar-refractivity contribution in [2.45, 2.75) is 32.7 Å². The van der Waals surface area contributed by atoms with Crippen molar-refractivity contribution in [3.63, 3.8) is 0 Å². The fourth-order valence-electron chi connectivity index (χ4n) is 2.48. The second-order valence-corrected chi connectivity index (χ2v) is 5.37. The average molecular weight is 353 g/mol. The number of carbonyl (C=O) groups is 2. The lowest BCUT2D eigenvalue weighted by Crippen LogP contribution is -2.43. The molecule has 1 rings (SSSR count). The van der Waals surface area contributed by atoms with Crippen LogP contribution in [0.4, 0.5) is 0 Å². The molecule has 0 aliphatic rings. The lowest BCUT2D eigenvalue weighted by Gasteiger charge is -2.30. The van der Waals surface area contributed by atoms with Crippen LogP contribution in [0.15, 0.2) is 18.2 Å². The van der Waals surface area contributed by atoms with Crippen LogP contribution < -0.4 is 9.47 Å². The summed E-state index contributed by atoms with van der Waals surface area (Å²) in [5, 5.41) is 9.59. The van der Waals surface area contributed by atoms with Crippen LogP contribution in [0.1, 0.15) is 37.0 Å². The van der Waals surface area contributed by atoms with E-state index in [2.05, 4.69) is 0 Å². The Morgan fingerprint density at radius 2 is 1.84 bits per heavy atom. The van der Waals surface area contributed by atoms with Gasteiger partial charge >= 0.3 is 5.97 Å². The van der Waals surface area contributed by atoms with Crippen LogP contribution >= 0.6 is 0 Å². The number of carbonyl (C=O) groups excluding carboxylic acids is 2. The molecule has 140 valence electrons. The molecule has 0 aliphatic carbocycles. The molecule has 7 nitrogen and oxygen atoms in total. The monoisotopic (exact) mass is 353 g/mol. The van der Waals surface area contributed by atoms with Gasteiger partial charge < -0.3 is 24.2 Å². The molecule has 0 saturated carbocycles. The van der Waals surface area contributed by atoms with Gasteiger partial charge in [-0.1, -0.05) is 6.92 Å². The molecule has 0 aromatic heterocycles. The van der Waals surface area contributed by atoms with Gasteiger partial charge in [0.05, 0.1) is 39.9 Å². The molecule has 0 aliphatic heterocycles. The molecule has 1 N–H and O–H groups in total. The van der Waals surface area contributed by atoms with Crippen LogP contribution in [-0.4, -0.2) is 61.9 Å². The largest absolute Gasteiger partial charge is 0.493 e. The summed E-state index contributed by atoms with van der Waals surface area (Å²) in [7, 11) is 3.01. The van der Waals surface area contributed by atoms with Gasteiger partial charge in [-0.3, -0.25) is 9.59 Å². The summed E-state index contributed by atoms with van der Waals surface area (Å²) in [6.07, 6.45) is 0.641. The smallest absolute Gasteiger partial charge is 0.307 e. The maximum Gasteiger partial charge on any atom is 0.307 e. The van der Waals surface area contributed by atoms with Gasteiger partial charge in [0.2, 0.25) is 0 Å². The van der Waals surface area contributed by atoms with Gasteiger partial charge in [-0.15, -0.1) is 0 Å². The van der Waals surface area contributed by atoms with Gasteiger partial charge in [0.25, 0.3) is 5.91 Å². The van der Waals surface area contributed by atoms with Gasteiger partial charge in [0, 0.05) is 12.1 Å². The normalized spacial score (nSPS) is 11.6. The van der Waals surface area contributed by atoms with Crippen LogP contribution in [0.2, 0.25) is 0 Å². The second-order valence-electron chi connectivity index (χ2n) is 5.37. The predicted octanol–water partition coefficient (Wildman–Crippen LogP) is 1.87. The van der Waals surface area contributed by atoms with Crippen molar-refractivity contribution in [1.82, 2.24) is 4.90 Å². The SMILES string of the molecule is CCOC(=O)CCN(C(=O)c1ccc(OC)c(OC)c1)C(CC)CO. The quantitative estimate of drug-likeness (QED) is 0.647. The minimum atomic E-state index is -0.380. The number of hydrogen-bond donors (Lipinski definition) is 1. The predicted molar refractivity (Wildman–Crippen MR) is 93.0 cm³/mol. The molecule has 1 unspecified atom stereocenters. The maximum absolute atomic E-state index is 12.9. The number of benzene rings is 1. The van der Waals surface area contributed by atoms with E-state index in [4.69, 9.17) is 14.2 Å². The molecule has 1 aromatic carbocycles. The van der Waals surface area contributed by atoms with Crippen LogP contribution in [-0.2, 0) is 9.53 Å². The van der Waals surface area contributed by atoms with Crippen LogP contribution in [0.25, 0.3) is 0 Å². The van der Waals surface area contributed by atoms with Crippen molar-refractivity contribution >= 4 is 11.9 Å². The Balaban J connectivity index is 3.03. The molecule has 0 bridgehead atoms. The number of methoxy groups -OCH3 is 2. The number of hydrogen-bond acceptors (Lipinski definition) is 6. The highest BCUT2D eigenvalue weighted by Crippen LogP contribution is 2.28. The number of esters is 1. The van der Waals surface area contributed by atoms with E-state index in [9.17, 15) is 14.7 Å². The van der Waals surface area contributed by atoms with Gasteiger partial charge in [0.1, 0.15) is 0 Å². The van der Waals surface area contributed by atoms with Crippen molar-refractivity contribution in [2.24, 2.45) is 0 Å². The zero-order valence-electron chi connectivity index (χ0n) is 15.3. The molecule has 1 aromatic rings. The van der Waals surface area contributed by atoms with Crippen molar-refractivity contribution in [1.29, 1.82) is 0 Å². The van der Waals surface area contributed by atoms with E-state index in [1.807, 2.05) is 6.92 Å². The molecular formula is C18H27NO6. The number of nitrogens with zero attached hydrogens (tertiary/aromatic N) is 1. The number of ether oxygens (including phenoxy) is 3. The zero-order chi connectivity index (χ0) is 18.8. The molecule has 0 spiro atoms. The minimum Gasteiger partial charge on any atom is -0.493 e. The third kappa shape index (κ3) is 5.63. The molecule has 25 heavy (non-hydrogen) atoms. The summed E-state index contributed by atoms with van der Waals surface area (Å²) in [6, 6.07) is 4.48. The van der Waals surface area contributed by atoms with E-state index in [0.29, 0.717) is 30.1 Å². The molecular weight excluding hydrogens is 326 g/mol. The van der Waals surface area contributed by atoms with Gasteiger partial charge in [-0.2, -0.15) is 0 Å². The number of rotatable bonds is 10. The standard InChI is InChI=1S/C18H27NO6/c1-5-14(12-20)19(10-9-17(21)25-6-2)18(22)13-7-8-15(23-3)16(11-13)24-4/h7-8,11,14,20H,5-6,9-10,12H2,1-4H3. The van der Waals surface area contributed by atoms with Crippen molar-refractivity contribution in [3.05, 3.63) is 23.8 Å². The zero-order valence-corrected chi connectivity index (χ0v) is 15.3. The van der Waals surface area contributed by atoms with Crippen LogP contribution in [0.5, 0.6) is 11.5 Å². The van der Waals surface area contributed by atoms with E-state index >= 15 is 0 Å². The van der Waals surface area contributed by atoms with E-state index in [1.54, 1.807) is 25.1 Å². The highest BCUT2D eigenvalue weighted by molar-refractivity contribution is 5.95. The third-order valence-corrected chi connectivity index (χ3v) is 3.88. The Hall–Kier alpha value is -2.28. The first-order valence-corrected chi connectivity index (χ1v) is 8.31. The molecule has 1 amide bonds. The molecule has 0 saturated heterocycles. The fraction of sp³-hybridized carbons (Fsp3) is 0.556. The summed E-state index contributed by atoms with van der Waals surface area (Å²) < 4.78 is 15.3. The second kappa shape index (κ2) is 10.6. The molecule has 0 radical (unpaired) electrons. The summed E-state index contributed by atoms with van der Waals surface area (Å²) in [5.41, 5.74) is 0.397. The third-order valence-electron chi connectivity index (χ3n) is 3.88. The summed E-state index contributed by atoms with van der Waals surface area (Å²) in [6.45, 7) is 3.89. The first-order chi connectivity index (χ1) is 12.0. The van der Waals surface area contributed by atoms with Crippen molar-refractivity contribution < 1.29 is 28.9 Å². The Kier molecular flexibility index (Phi) is 8.77.